The highest BCUT2D eigenvalue weighted by Crippen LogP contribution is 2.35. The van der Waals surface area contributed by atoms with Crippen molar-refractivity contribution in [3.63, 3.8) is 0 Å². The Hall–Kier alpha value is -2.79. The topological polar surface area (TPSA) is 26.3 Å². The van der Waals surface area contributed by atoms with Gasteiger partial charge >= 0.3 is 6.18 Å². The number of benzene rings is 3. The molecule has 27 heavy (non-hydrogen) atoms. The monoisotopic (exact) mass is 390 g/mol. The third kappa shape index (κ3) is 4.68. The van der Waals surface area contributed by atoms with E-state index >= 15 is 0 Å². The largest absolute Gasteiger partial charge is 0.487 e. The van der Waals surface area contributed by atoms with Crippen molar-refractivity contribution in [2.24, 2.45) is 0 Å². The van der Waals surface area contributed by atoms with Gasteiger partial charge in [-0.25, -0.2) is 0 Å². The van der Waals surface area contributed by atoms with Crippen molar-refractivity contribution in [3.8, 4) is 16.9 Å². The highest BCUT2D eigenvalue weighted by atomic mass is 35.5. The molecule has 0 heterocycles. The fraction of sp³-hybridized carbons (Fsp3) is 0.0952. The number of carbonyl (C=O) groups is 1. The van der Waals surface area contributed by atoms with Crippen LogP contribution < -0.4 is 4.74 Å². The van der Waals surface area contributed by atoms with Gasteiger partial charge in [-0.05, 0) is 53.1 Å². The molecule has 0 amide bonds. The number of alkyl halides is 3. The van der Waals surface area contributed by atoms with Crippen molar-refractivity contribution in [3.05, 3.63) is 88.4 Å². The Morgan fingerprint density at radius 2 is 1.67 bits per heavy atom. The first-order valence-electron chi connectivity index (χ1n) is 8.01. The summed E-state index contributed by atoms with van der Waals surface area (Å²) < 4.78 is 43.7. The molecule has 0 saturated carbocycles. The molecule has 6 heteroatoms. The van der Waals surface area contributed by atoms with Gasteiger partial charge in [-0.3, -0.25) is 4.79 Å². The molecule has 0 aromatic heterocycles. The van der Waals surface area contributed by atoms with E-state index in [4.69, 9.17) is 16.3 Å². The highest BCUT2D eigenvalue weighted by molar-refractivity contribution is 6.32. The van der Waals surface area contributed by atoms with Crippen LogP contribution in [-0.2, 0) is 12.8 Å². The molecule has 0 aliphatic carbocycles. The fourth-order valence-corrected chi connectivity index (χ4v) is 2.86. The molecule has 3 rings (SSSR count). The lowest BCUT2D eigenvalue weighted by molar-refractivity contribution is -0.137. The van der Waals surface area contributed by atoms with Crippen LogP contribution >= 0.6 is 11.6 Å². The van der Waals surface area contributed by atoms with E-state index in [0.717, 1.165) is 29.5 Å². The van der Waals surface area contributed by atoms with Gasteiger partial charge < -0.3 is 4.74 Å². The van der Waals surface area contributed by atoms with E-state index in [1.807, 2.05) is 36.4 Å². The van der Waals surface area contributed by atoms with Gasteiger partial charge in [-0.1, -0.05) is 41.9 Å². The van der Waals surface area contributed by atoms with Crippen molar-refractivity contribution in [1.82, 2.24) is 0 Å². The second-order valence-corrected chi connectivity index (χ2v) is 6.29. The molecule has 0 aliphatic rings. The predicted molar refractivity (Wildman–Crippen MR) is 98.1 cm³/mol. The van der Waals surface area contributed by atoms with Crippen molar-refractivity contribution < 1.29 is 22.7 Å². The number of halogens is 4. The molecule has 0 spiro atoms. The summed E-state index contributed by atoms with van der Waals surface area (Å²) in [6.07, 6.45) is -3.73. The lowest BCUT2D eigenvalue weighted by atomic mass is 10.0. The van der Waals surface area contributed by atoms with E-state index in [2.05, 4.69) is 0 Å². The number of rotatable bonds is 5. The zero-order valence-corrected chi connectivity index (χ0v) is 14.7. The molecule has 0 bridgehead atoms. The van der Waals surface area contributed by atoms with Gasteiger partial charge in [0.25, 0.3) is 0 Å². The first-order valence-corrected chi connectivity index (χ1v) is 8.39. The van der Waals surface area contributed by atoms with Crippen molar-refractivity contribution >= 4 is 17.9 Å². The van der Waals surface area contributed by atoms with Crippen molar-refractivity contribution in [1.29, 1.82) is 0 Å². The number of carbonyl (C=O) groups excluding carboxylic acids is 1. The third-order valence-corrected chi connectivity index (χ3v) is 4.21. The number of aldehydes is 1. The van der Waals surface area contributed by atoms with Crippen LogP contribution in [0.15, 0.2) is 66.7 Å². The lowest BCUT2D eigenvalue weighted by Gasteiger charge is -2.12. The summed E-state index contributed by atoms with van der Waals surface area (Å²) >= 11 is 5.91. The summed E-state index contributed by atoms with van der Waals surface area (Å²) in [5.41, 5.74) is 2.13. The molecule has 3 aromatic rings. The standard InChI is InChI=1S/C21H14ClF3O2/c22-19-11-18(21(23,24)25)6-7-20(19)27-13-15-8-14(12-26)9-17(10-15)16-4-2-1-3-5-16/h1-12H,13H2. The predicted octanol–water partition coefficient (Wildman–Crippen LogP) is 6.42. The summed E-state index contributed by atoms with van der Waals surface area (Å²) in [5, 5.41) is -0.125. The molecule has 0 N–H and O–H groups in total. The van der Waals surface area contributed by atoms with Crippen LogP contribution in [-0.4, -0.2) is 6.29 Å². The quantitative estimate of drug-likeness (QED) is 0.470. The van der Waals surface area contributed by atoms with Crippen LogP contribution in [0.3, 0.4) is 0 Å². The zero-order valence-electron chi connectivity index (χ0n) is 14.0. The SMILES string of the molecule is O=Cc1cc(COc2ccc(C(F)(F)F)cc2Cl)cc(-c2ccccc2)c1. The number of hydrogen-bond acceptors (Lipinski definition) is 2. The normalized spacial score (nSPS) is 11.3. The van der Waals surface area contributed by atoms with Crippen LogP contribution in [0.5, 0.6) is 5.75 Å². The number of ether oxygens (including phenoxy) is 1. The molecule has 0 aliphatic heterocycles. The first kappa shape index (κ1) is 19.0. The van der Waals surface area contributed by atoms with Gasteiger partial charge in [-0.15, -0.1) is 0 Å². The summed E-state index contributed by atoms with van der Waals surface area (Å²) in [7, 11) is 0. The minimum absolute atomic E-state index is 0.0621. The maximum absolute atomic E-state index is 12.7. The van der Waals surface area contributed by atoms with Gasteiger partial charge in [0.05, 0.1) is 10.6 Å². The molecule has 0 saturated heterocycles. The van der Waals surface area contributed by atoms with Crippen LogP contribution in [0, 0.1) is 0 Å². The Labute approximate surface area is 159 Å². The van der Waals surface area contributed by atoms with E-state index in [9.17, 15) is 18.0 Å². The third-order valence-electron chi connectivity index (χ3n) is 3.91. The summed E-state index contributed by atoms with van der Waals surface area (Å²) in [6.45, 7) is 0.0621. The Morgan fingerprint density at radius 1 is 0.926 bits per heavy atom. The molecule has 2 nitrogen and oxygen atoms in total. The zero-order chi connectivity index (χ0) is 19.4. The molecule has 0 radical (unpaired) electrons. The second kappa shape index (κ2) is 7.84. The minimum atomic E-state index is -4.47. The summed E-state index contributed by atoms with van der Waals surface area (Å²) in [6, 6.07) is 17.7. The minimum Gasteiger partial charge on any atom is -0.487 e. The Balaban J connectivity index is 1.83. The van der Waals surface area contributed by atoms with Crippen molar-refractivity contribution in [2.75, 3.05) is 0 Å². The average Bonchev–Trinajstić information content (AvgIpc) is 2.66. The molecule has 0 fully saturated rings. The van der Waals surface area contributed by atoms with Crippen LogP contribution in [0.4, 0.5) is 13.2 Å². The summed E-state index contributed by atoms with van der Waals surface area (Å²) in [4.78, 5) is 11.2. The second-order valence-electron chi connectivity index (χ2n) is 5.88. The van der Waals surface area contributed by atoms with Gasteiger partial charge in [0, 0.05) is 5.56 Å². The van der Waals surface area contributed by atoms with E-state index in [1.54, 1.807) is 12.1 Å². The highest BCUT2D eigenvalue weighted by Gasteiger charge is 2.31. The Morgan fingerprint density at radius 3 is 2.30 bits per heavy atom. The molecule has 138 valence electrons. The molecular formula is C21H14ClF3O2. The van der Waals surface area contributed by atoms with E-state index in [-0.39, 0.29) is 17.4 Å². The first-order chi connectivity index (χ1) is 12.9. The average molecular weight is 391 g/mol. The van der Waals surface area contributed by atoms with Crippen LogP contribution in [0.2, 0.25) is 5.02 Å². The lowest BCUT2D eigenvalue weighted by Crippen LogP contribution is -2.05. The van der Waals surface area contributed by atoms with Crippen molar-refractivity contribution in [2.45, 2.75) is 12.8 Å². The molecule has 3 aromatic carbocycles. The maximum Gasteiger partial charge on any atom is 0.416 e. The maximum atomic E-state index is 12.7. The van der Waals surface area contributed by atoms with Crippen LogP contribution in [0.1, 0.15) is 21.5 Å². The van der Waals surface area contributed by atoms with E-state index < -0.39 is 11.7 Å². The van der Waals surface area contributed by atoms with Gasteiger partial charge in [-0.2, -0.15) is 13.2 Å². The van der Waals surface area contributed by atoms with Gasteiger partial charge in [0.15, 0.2) is 0 Å². The Bertz CT molecular complexity index is 953. The summed E-state index contributed by atoms with van der Waals surface area (Å²) in [5.74, 6) is 0.141. The fourth-order valence-electron chi connectivity index (χ4n) is 2.62. The molecule has 0 atom stereocenters. The molecular weight excluding hydrogens is 377 g/mol. The van der Waals surface area contributed by atoms with E-state index in [0.29, 0.717) is 11.1 Å². The molecule has 0 unspecified atom stereocenters. The van der Waals surface area contributed by atoms with E-state index in [1.165, 1.54) is 6.07 Å². The van der Waals surface area contributed by atoms with Crippen LogP contribution in [0.25, 0.3) is 11.1 Å². The number of hydrogen-bond donors (Lipinski definition) is 0. The van der Waals surface area contributed by atoms with Gasteiger partial charge in [0.2, 0.25) is 0 Å². The smallest absolute Gasteiger partial charge is 0.416 e. The Kier molecular flexibility index (Phi) is 5.51. The van der Waals surface area contributed by atoms with Gasteiger partial charge in [0.1, 0.15) is 18.6 Å².